The highest BCUT2D eigenvalue weighted by Gasteiger charge is 2.28. The molecule has 0 saturated carbocycles. The third-order valence-corrected chi connectivity index (χ3v) is 4.36. The fourth-order valence-electron chi connectivity index (χ4n) is 3.08. The first-order chi connectivity index (χ1) is 10.0. The van der Waals surface area contributed by atoms with Crippen LogP contribution in [-0.4, -0.2) is 31.3 Å². The van der Waals surface area contributed by atoms with E-state index in [1.54, 1.807) is 0 Å². The maximum atomic E-state index is 5.77. The van der Waals surface area contributed by atoms with Crippen molar-refractivity contribution in [2.75, 3.05) is 24.6 Å². The molecule has 1 unspecified atom stereocenters. The van der Waals surface area contributed by atoms with Gasteiger partial charge in [0.2, 0.25) is 0 Å². The predicted molar refractivity (Wildman–Crippen MR) is 89.9 cm³/mol. The Morgan fingerprint density at radius 3 is 2.43 bits per heavy atom. The van der Waals surface area contributed by atoms with Crippen LogP contribution in [0.5, 0.6) is 0 Å². The average Bonchev–Trinajstić information content (AvgIpc) is 2.47. The van der Waals surface area contributed by atoms with Crippen LogP contribution in [0.2, 0.25) is 0 Å². The first-order valence-electron chi connectivity index (χ1n) is 8.25. The smallest absolute Gasteiger partial charge is 0.0641 e. The van der Waals surface area contributed by atoms with Crippen molar-refractivity contribution in [2.24, 2.45) is 0 Å². The second-order valence-corrected chi connectivity index (χ2v) is 6.52. The molecule has 1 fully saturated rings. The molecule has 2 rings (SSSR count). The molecule has 1 N–H and O–H groups in total. The van der Waals surface area contributed by atoms with E-state index in [0.717, 1.165) is 39.1 Å². The van der Waals surface area contributed by atoms with Gasteiger partial charge < -0.3 is 15.0 Å². The van der Waals surface area contributed by atoms with E-state index < -0.39 is 0 Å². The number of anilines is 1. The summed E-state index contributed by atoms with van der Waals surface area (Å²) in [5.41, 5.74) is 2.69. The van der Waals surface area contributed by atoms with Crippen LogP contribution in [0.15, 0.2) is 24.3 Å². The molecule has 0 aromatic heterocycles. The third kappa shape index (κ3) is 4.72. The number of nitrogens with zero attached hydrogens (tertiary/aromatic N) is 1. The molecule has 0 amide bonds. The zero-order valence-electron chi connectivity index (χ0n) is 14.0. The van der Waals surface area contributed by atoms with Crippen molar-refractivity contribution in [3.05, 3.63) is 29.8 Å². The molecule has 1 heterocycles. The Morgan fingerprint density at radius 1 is 1.19 bits per heavy atom. The van der Waals surface area contributed by atoms with Gasteiger partial charge in [0.1, 0.15) is 0 Å². The fraction of sp³-hybridized carbons (Fsp3) is 0.667. The van der Waals surface area contributed by atoms with E-state index in [9.17, 15) is 0 Å². The molecule has 21 heavy (non-hydrogen) atoms. The van der Waals surface area contributed by atoms with Gasteiger partial charge in [0, 0.05) is 38.0 Å². The Labute approximate surface area is 129 Å². The summed E-state index contributed by atoms with van der Waals surface area (Å²) in [7, 11) is 0. The van der Waals surface area contributed by atoms with Gasteiger partial charge in [0.15, 0.2) is 0 Å². The van der Waals surface area contributed by atoms with E-state index in [2.05, 4.69) is 62.2 Å². The van der Waals surface area contributed by atoms with E-state index in [0.29, 0.717) is 6.04 Å². The van der Waals surface area contributed by atoms with Crippen LogP contribution in [0.1, 0.15) is 46.1 Å². The maximum Gasteiger partial charge on any atom is 0.0641 e. The number of rotatable bonds is 6. The molecular formula is C18H30N2O. The Kier molecular flexibility index (Phi) is 5.65. The summed E-state index contributed by atoms with van der Waals surface area (Å²) in [6.45, 7) is 12.7. The molecule has 1 aromatic carbocycles. The number of hydrogen-bond acceptors (Lipinski definition) is 3. The Hall–Kier alpha value is -1.06. The fourth-order valence-corrected chi connectivity index (χ4v) is 3.08. The highest BCUT2D eigenvalue weighted by Crippen LogP contribution is 2.24. The van der Waals surface area contributed by atoms with Gasteiger partial charge in [-0.05, 0) is 58.2 Å². The second-order valence-electron chi connectivity index (χ2n) is 6.52. The van der Waals surface area contributed by atoms with Crippen LogP contribution in [0.3, 0.4) is 0 Å². The molecule has 1 aromatic rings. The lowest BCUT2D eigenvalue weighted by Gasteiger charge is -2.36. The zero-order chi connectivity index (χ0) is 15.3. The number of hydrogen-bond donors (Lipinski definition) is 1. The highest BCUT2D eigenvalue weighted by molar-refractivity contribution is 5.47. The lowest BCUT2D eigenvalue weighted by atomic mass is 9.94. The predicted octanol–water partition coefficient (Wildman–Crippen LogP) is 3.58. The topological polar surface area (TPSA) is 24.5 Å². The van der Waals surface area contributed by atoms with Crippen LogP contribution in [0.25, 0.3) is 0 Å². The summed E-state index contributed by atoms with van der Waals surface area (Å²) in [5.74, 6) is 0. The first kappa shape index (κ1) is 16.3. The molecule has 1 atom stereocenters. The molecule has 3 heteroatoms. The third-order valence-electron chi connectivity index (χ3n) is 4.36. The lowest BCUT2D eigenvalue weighted by Crippen LogP contribution is -2.43. The minimum Gasteiger partial charge on any atom is -0.375 e. The van der Waals surface area contributed by atoms with E-state index in [4.69, 9.17) is 4.74 Å². The van der Waals surface area contributed by atoms with Gasteiger partial charge in [0.25, 0.3) is 0 Å². The van der Waals surface area contributed by atoms with Crippen molar-refractivity contribution >= 4 is 5.69 Å². The highest BCUT2D eigenvalue weighted by atomic mass is 16.5. The van der Waals surface area contributed by atoms with Gasteiger partial charge in [-0.2, -0.15) is 0 Å². The number of ether oxygens (including phenoxy) is 1. The molecule has 1 aliphatic heterocycles. The van der Waals surface area contributed by atoms with E-state index in [1.807, 2.05) is 0 Å². The van der Waals surface area contributed by atoms with Crippen molar-refractivity contribution in [3.63, 3.8) is 0 Å². The Bertz CT molecular complexity index is 423. The summed E-state index contributed by atoms with van der Waals surface area (Å²) in [5, 5.41) is 3.68. The summed E-state index contributed by atoms with van der Waals surface area (Å²) in [6.07, 6.45) is 2.20. The number of nitrogens with one attached hydrogen (secondary N) is 1. The maximum absolute atomic E-state index is 5.77. The summed E-state index contributed by atoms with van der Waals surface area (Å²) in [6, 6.07) is 9.52. The van der Waals surface area contributed by atoms with Crippen molar-refractivity contribution < 1.29 is 4.74 Å². The van der Waals surface area contributed by atoms with Crippen molar-refractivity contribution in [1.82, 2.24) is 5.32 Å². The van der Waals surface area contributed by atoms with Crippen LogP contribution in [-0.2, 0) is 11.3 Å². The van der Waals surface area contributed by atoms with Gasteiger partial charge in [-0.15, -0.1) is 0 Å². The normalized spacial score (nSPS) is 21.2. The minimum atomic E-state index is 0.0164. The van der Waals surface area contributed by atoms with Gasteiger partial charge in [-0.1, -0.05) is 12.1 Å². The quantitative estimate of drug-likeness (QED) is 0.866. The van der Waals surface area contributed by atoms with Crippen LogP contribution in [0.4, 0.5) is 5.69 Å². The van der Waals surface area contributed by atoms with Gasteiger partial charge in [0.05, 0.1) is 5.60 Å². The Morgan fingerprint density at radius 2 is 1.86 bits per heavy atom. The molecule has 0 spiro atoms. The van der Waals surface area contributed by atoms with Gasteiger partial charge >= 0.3 is 0 Å². The Balaban J connectivity index is 1.86. The second kappa shape index (κ2) is 7.28. The molecule has 0 bridgehead atoms. The average molecular weight is 290 g/mol. The van der Waals surface area contributed by atoms with Crippen LogP contribution >= 0.6 is 0 Å². The SMILES string of the molecule is CCN(CC)c1ccc(CNC2CCOC(C)(C)C2)cc1. The molecule has 1 aliphatic rings. The van der Waals surface area contributed by atoms with E-state index in [1.165, 1.54) is 11.3 Å². The number of benzene rings is 1. The monoisotopic (exact) mass is 290 g/mol. The molecule has 3 nitrogen and oxygen atoms in total. The van der Waals surface area contributed by atoms with Gasteiger partial charge in [-0.25, -0.2) is 0 Å². The largest absolute Gasteiger partial charge is 0.375 e. The van der Waals surface area contributed by atoms with Crippen molar-refractivity contribution in [2.45, 2.75) is 58.7 Å². The molecule has 118 valence electrons. The lowest BCUT2D eigenvalue weighted by molar-refractivity contribution is -0.0630. The van der Waals surface area contributed by atoms with Gasteiger partial charge in [-0.3, -0.25) is 0 Å². The van der Waals surface area contributed by atoms with Crippen molar-refractivity contribution in [3.8, 4) is 0 Å². The summed E-state index contributed by atoms with van der Waals surface area (Å²) < 4.78 is 5.77. The minimum absolute atomic E-state index is 0.0164. The molecule has 0 radical (unpaired) electrons. The molecular weight excluding hydrogens is 260 g/mol. The first-order valence-corrected chi connectivity index (χ1v) is 8.25. The van der Waals surface area contributed by atoms with E-state index >= 15 is 0 Å². The van der Waals surface area contributed by atoms with Crippen LogP contribution < -0.4 is 10.2 Å². The zero-order valence-corrected chi connectivity index (χ0v) is 14.0. The van der Waals surface area contributed by atoms with Crippen LogP contribution in [0, 0.1) is 0 Å². The standard InChI is InChI=1S/C18H30N2O/c1-5-20(6-2)17-9-7-15(8-10-17)14-19-16-11-12-21-18(3,4)13-16/h7-10,16,19H,5-6,11-14H2,1-4H3. The molecule has 0 aliphatic carbocycles. The summed E-state index contributed by atoms with van der Waals surface area (Å²) in [4.78, 5) is 2.37. The van der Waals surface area contributed by atoms with Crippen molar-refractivity contribution in [1.29, 1.82) is 0 Å². The molecule has 1 saturated heterocycles. The van der Waals surface area contributed by atoms with E-state index in [-0.39, 0.29) is 5.60 Å². The summed E-state index contributed by atoms with van der Waals surface area (Å²) >= 11 is 0.